The molecule has 4 rings (SSSR count). The van der Waals surface area contributed by atoms with E-state index in [-0.39, 0.29) is 16.9 Å². The number of Topliss-reactive ketones (excluding diaryl/α,β-unsaturated/α-hetero) is 1. The Balaban J connectivity index is 1.59. The van der Waals surface area contributed by atoms with Gasteiger partial charge >= 0.3 is 0 Å². The molecule has 0 aliphatic carbocycles. The molecule has 0 saturated carbocycles. The predicted octanol–water partition coefficient (Wildman–Crippen LogP) is 5.25. The summed E-state index contributed by atoms with van der Waals surface area (Å²) < 4.78 is 5.71. The first-order valence-electron chi connectivity index (χ1n) is 8.94. The number of hydrogen-bond donors (Lipinski definition) is 2. The Bertz CT molecular complexity index is 1140. The van der Waals surface area contributed by atoms with Crippen LogP contribution in [0.5, 0.6) is 0 Å². The number of carbonyl (C=O) groups is 1. The summed E-state index contributed by atoms with van der Waals surface area (Å²) in [5, 5.41) is 14.0. The maximum absolute atomic E-state index is 13.1. The van der Waals surface area contributed by atoms with E-state index in [4.69, 9.17) is 33.4 Å². The van der Waals surface area contributed by atoms with E-state index >= 15 is 0 Å². The van der Waals surface area contributed by atoms with Gasteiger partial charge in [-0.2, -0.15) is 5.26 Å². The van der Waals surface area contributed by atoms with Gasteiger partial charge in [-0.1, -0.05) is 23.2 Å². The number of carbonyl (C=O) groups excluding carboxylic acids is 1. The highest BCUT2D eigenvalue weighted by Gasteiger charge is 2.46. The minimum absolute atomic E-state index is 0.218. The van der Waals surface area contributed by atoms with Crippen molar-refractivity contribution >= 4 is 57.4 Å². The molecule has 1 aliphatic heterocycles. The monoisotopic (exact) mass is 445 g/mol. The van der Waals surface area contributed by atoms with Crippen LogP contribution in [0.25, 0.3) is 11.0 Å². The molecule has 4 atom stereocenters. The van der Waals surface area contributed by atoms with Gasteiger partial charge in [-0.05, 0) is 55.0 Å². The van der Waals surface area contributed by atoms with E-state index in [1.54, 1.807) is 30.3 Å². The van der Waals surface area contributed by atoms with Crippen molar-refractivity contribution in [2.24, 2.45) is 11.7 Å². The number of nitriles is 1. The molecule has 2 aromatic carbocycles. The number of benzene rings is 2. The molecule has 29 heavy (non-hydrogen) atoms. The molecular formula is C21H17Cl2N3O2S. The van der Waals surface area contributed by atoms with Crippen LogP contribution >= 0.6 is 35.0 Å². The first-order chi connectivity index (χ1) is 13.9. The summed E-state index contributed by atoms with van der Waals surface area (Å²) in [5.41, 5.74) is 8.69. The standard InChI is InChI=1S/C21H17Cl2N3O2S/c1-10-6-12(22)2-4-15(10)26-21-14(9-24)18(25)20(29-21)19(27)17-8-11-7-13(23)3-5-16(11)28-17/h2-8,14,18,20-21,26H,25H2,1H3. The Labute approximate surface area is 182 Å². The zero-order chi connectivity index (χ0) is 20.7. The van der Waals surface area contributed by atoms with Crippen molar-refractivity contribution in [2.75, 3.05) is 5.32 Å². The van der Waals surface area contributed by atoms with Gasteiger partial charge in [-0.15, -0.1) is 11.8 Å². The van der Waals surface area contributed by atoms with Crippen molar-refractivity contribution in [1.82, 2.24) is 0 Å². The van der Waals surface area contributed by atoms with Gasteiger partial charge in [0, 0.05) is 27.2 Å². The number of thioether (sulfide) groups is 1. The van der Waals surface area contributed by atoms with Crippen LogP contribution < -0.4 is 11.1 Å². The van der Waals surface area contributed by atoms with Gasteiger partial charge in [0.15, 0.2) is 5.76 Å². The molecule has 148 valence electrons. The fourth-order valence-electron chi connectivity index (χ4n) is 3.46. The second kappa shape index (κ2) is 7.92. The fourth-order valence-corrected chi connectivity index (χ4v) is 5.38. The fraction of sp³-hybridized carbons (Fsp3) is 0.238. The third kappa shape index (κ3) is 3.84. The van der Waals surface area contributed by atoms with Gasteiger partial charge in [0.2, 0.25) is 5.78 Å². The molecular weight excluding hydrogens is 429 g/mol. The highest BCUT2D eigenvalue weighted by Crippen LogP contribution is 2.40. The minimum atomic E-state index is -0.626. The number of ketones is 1. The van der Waals surface area contributed by atoms with Crippen molar-refractivity contribution in [3.8, 4) is 6.07 Å². The third-order valence-corrected chi connectivity index (χ3v) is 6.99. The van der Waals surface area contributed by atoms with E-state index < -0.39 is 17.2 Å². The molecule has 5 nitrogen and oxygen atoms in total. The van der Waals surface area contributed by atoms with E-state index in [9.17, 15) is 10.1 Å². The van der Waals surface area contributed by atoms with Gasteiger partial charge in [0.1, 0.15) is 5.58 Å². The van der Waals surface area contributed by atoms with Crippen LogP contribution in [0.15, 0.2) is 46.9 Å². The van der Waals surface area contributed by atoms with Crippen molar-refractivity contribution < 1.29 is 9.21 Å². The summed E-state index contributed by atoms with van der Waals surface area (Å²) in [6, 6.07) is 13.9. The number of rotatable bonds is 4. The van der Waals surface area contributed by atoms with Gasteiger partial charge in [-0.3, -0.25) is 4.79 Å². The molecule has 1 fully saturated rings. The zero-order valence-corrected chi connectivity index (χ0v) is 17.7. The molecule has 8 heteroatoms. The Kier molecular flexibility index (Phi) is 5.50. The number of anilines is 1. The van der Waals surface area contributed by atoms with Crippen LogP contribution in [0.3, 0.4) is 0 Å². The lowest BCUT2D eigenvalue weighted by Crippen LogP contribution is -2.40. The van der Waals surface area contributed by atoms with Crippen molar-refractivity contribution in [2.45, 2.75) is 23.6 Å². The molecule has 3 N–H and O–H groups in total. The number of aryl methyl sites for hydroxylation is 1. The average molecular weight is 446 g/mol. The second-order valence-electron chi connectivity index (χ2n) is 6.97. The largest absolute Gasteiger partial charge is 0.453 e. The topological polar surface area (TPSA) is 92.1 Å². The molecule has 1 saturated heterocycles. The van der Waals surface area contributed by atoms with Crippen LogP contribution in [0.1, 0.15) is 16.1 Å². The Morgan fingerprint density at radius 1 is 1.21 bits per heavy atom. The maximum atomic E-state index is 13.1. The number of nitrogens with two attached hydrogens (primary N) is 1. The molecule has 4 unspecified atom stereocenters. The van der Waals surface area contributed by atoms with Crippen molar-refractivity contribution in [3.63, 3.8) is 0 Å². The average Bonchev–Trinajstić information content (AvgIpc) is 3.23. The molecule has 2 heterocycles. The summed E-state index contributed by atoms with van der Waals surface area (Å²) in [5.74, 6) is -0.551. The molecule has 0 bridgehead atoms. The van der Waals surface area contributed by atoms with Crippen molar-refractivity contribution in [1.29, 1.82) is 5.26 Å². The summed E-state index contributed by atoms with van der Waals surface area (Å²) in [6.45, 7) is 1.93. The van der Waals surface area contributed by atoms with E-state index in [0.29, 0.717) is 15.6 Å². The highest BCUT2D eigenvalue weighted by atomic mass is 35.5. The summed E-state index contributed by atoms with van der Waals surface area (Å²) in [7, 11) is 0. The molecule has 1 aromatic heterocycles. The molecule has 3 aromatic rings. The molecule has 0 spiro atoms. The Morgan fingerprint density at radius 3 is 2.66 bits per heavy atom. The maximum Gasteiger partial charge on any atom is 0.212 e. The predicted molar refractivity (Wildman–Crippen MR) is 118 cm³/mol. The van der Waals surface area contributed by atoms with Gasteiger partial charge in [0.25, 0.3) is 0 Å². The summed E-state index contributed by atoms with van der Waals surface area (Å²) in [6.07, 6.45) is 0. The lowest BCUT2D eigenvalue weighted by atomic mass is 9.96. The van der Waals surface area contributed by atoms with E-state index in [1.807, 2.05) is 19.1 Å². The number of hydrogen-bond acceptors (Lipinski definition) is 6. The number of nitrogens with zero attached hydrogens (tertiary/aromatic N) is 1. The van der Waals surface area contributed by atoms with Crippen LogP contribution in [0.4, 0.5) is 5.69 Å². The normalized spacial score (nSPS) is 23.8. The lowest BCUT2D eigenvalue weighted by molar-refractivity contribution is 0.0956. The quantitative estimate of drug-likeness (QED) is 0.532. The first kappa shape index (κ1) is 20.1. The molecule has 1 aliphatic rings. The zero-order valence-electron chi connectivity index (χ0n) is 15.4. The van der Waals surface area contributed by atoms with E-state index in [1.165, 1.54) is 11.8 Å². The number of nitrogens with one attached hydrogen (secondary N) is 1. The highest BCUT2D eigenvalue weighted by molar-refractivity contribution is 8.01. The molecule has 0 radical (unpaired) electrons. The summed E-state index contributed by atoms with van der Waals surface area (Å²) >= 11 is 13.4. The van der Waals surface area contributed by atoms with E-state index in [2.05, 4.69) is 11.4 Å². The van der Waals surface area contributed by atoms with Crippen LogP contribution in [-0.2, 0) is 0 Å². The molecule has 0 amide bonds. The first-order valence-corrected chi connectivity index (χ1v) is 10.6. The SMILES string of the molecule is Cc1cc(Cl)ccc1NC1SC(C(=O)c2cc3cc(Cl)ccc3o2)C(N)C1C#N. The Morgan fingerprint density at radius 2 is 1.93 bits per heavy atom. The van der Waals surface area contributed by atoms with Gasteiger partial charge in [0.05, 0.1) is 22.6 Å². The van der Waals surface area contributed by atoms with E-state index in [0.717, 1.165) is 16.6 Å². The van der Waals surface area contributed by atoms with Crippen LogP contribution in [0, 0.1) is 24.2 Å². The third-order valence-electron chi connectivity index (χ3n) is 5.00. The lowest BCUT2D eigenvalue weighted by Gasteiger charge is -2.19. The Hall–Kier alpha value is -2.17. The van der Waals surface area contributed by atoms with Crippen LogP contribution in [0.2, 0.25) is 10.0 Å². The van der Waals surface area contributed by atoms with Crippen molar-refractivity contribution in [3.05, 3.63) is 63.8 Å². The smallest absolute Gasteiger partial charge is 0.212 e. The second-order valence-corrected chi connectivity index (χ2v) is 9.13. The minimum Gasteiger partial charge on any atom is -0.453 e. The van der Waals surface area contributed by atoms with Gasteiger partial charge in [-0.25, -0.2) is 0 Å². The number of fused-ring (bicyclic) bond motifs is 1. The summed E-state index contributed by atoms with van der Waals surface area (Å²) in [4.78, 5) is 13.1. The number of halogens is 2. The number of furan rings is 1. The van der Waals surface area contributed by atoms with Gasteiger partial charge < -0.3 is 15.5 Å². The van der Waals surface area contributed by atoms with Crippen LogP contribution in [-0.4, -0.2) is 22.4 Å².